The third kappa shape index (κ3) is 5.40. The van der Waals surface area contributed by atoms with E-state index in [0.717, 1.165) is 49.3 Å². The lowest BCUT2D eigenvalue weighted by Gasteiger charge is -2.38. The molecule has 0 radical (unpaired) electrons. The molecule has 0 bridgehead atoms. The van der Waals surface area contributed by atoms with Crippen molar-refractivity contribution in [2.45, 2.75) is 25.3 Å². The number of phenolic OH excluding ortho intramolecular Hbond substituents is 1. The van der Waals surface area contributed by atoms with Gasteiger partial charge in [-0.1, -0.05) is 48.5 Å². The SMILES string of the molecule is C=CC(=O)N1CCC(N2CCN(C(=O)CCc3cc(-c4ccccc4)c(Cl)cc3O)CC2)C1. The molecule has 7 heteroatoms. The highest BCUT2D eigenvalue weighted by atomic mass is 35.5. The normalized spacial score (nSPS) is 19.0. The van der Waals surface area contributed by atoms with Gasteiger partial charge in [-0.25, -0.2) is 0 Å². The van der Waals surface area contributed by atoms with Crippen LogP contribution in [-0.2, 0) is 16.0 Å². The number of amides is 2. The second-order valence-corrected chi connectivity index (χ2v) is 9.08. The van der Waals surface area contributed by atoms with Crippen LogP contribution in [0.4, 0.5) is 0 Å². The quantitative estimate of drug-likeness (QED) is 0.659. The molecule has 1 atom stereocenters. The molecule has 33 heavy (non-hydrogen) atoms. The minimum absolute atomic E-state index is 0.00723. The smallest absolute Gasteiger partial charge is 0.246 e. The molecule has 4 rings (SSSR count). The van der Waals surface area contributed by atoms with Gasteiger partial charge in [0.05, 0.1) is 5.02 Å². The van der Waals surface area contributed by atoms with Crippen molar-refractivity contribution in [3.8, 4) is 16.9 Å². The van der Waals surface area contributed by atoms with Crippen LogP contribution in [0.25, 0.3) is 11.1 Å². The lowest BCUT2D eigenvalue weighted by Crippen LogP contribution is -2.52. The molecular weight excluding hydrogens is 438 g/mol. The van der Waals surface area contributed by atoms with Crippen molar-refractivity contribution in [3.63, 3.8) is 0 Å². The first kappa shape index (κ1) is 23.3. The molecule has 0 saturated carbocycles. The molecule has 0 aromatic heterocycles. The summed E-state index contributed by atoms with van der Waals surface area (Å²) in [5, 5.41) is 10.9. The van der Waals surface area contributed by atoms with Crippen molar-refractivity contribution < 1.29 is 14.7 Å². The second-order valence-electron chi connectivity index (χ2n) is 8.67. The Labute approximate surface area is 200 Å². The summed E-state index contributed by atoms with van der Waals surface area (Å²) in [6.07, 6.45) is 3.14. The van der Waals surface area contributed by atoms with Crippen LogP contribution in [0, 0.1) is 0 Å². The lowest BCUT2D eigenvalue weighted by molar-refractivity contribution is -0.133. The molecule has 2 aromatic rings. The fourth-order valence-electron chi connectivity index (χ4n) is 4.75. The average Bonchev–Trinajstić information content (AvgIpc) is 3.34. The summed E-state index contributed by atoms with van der Waals surface area (Å²) < 4.78 is 0. The number of aromatic hydroxyl groups is 1. The van der Waals surface area contributed by atoms with Crippen LogP contribution in [0.1, 0.15) is 18.4 Å². The minimum Gasteiger partial charge on any atom is -0.508 e. The molecule has 1 N–H and O–H groups in total. The molecular formula is C26H30ClN3O3. The Kier molecular flexibility index (Phi) is 7.36. The summed E-state index contributed by atoms with van der Waals surface area (Å²) in [6, 6.07) is 13.6. The molecule has 2 aromatic carbocycles. The molecule has 174 valence electrons. The maximum absolute atomic E-state index is 12.8. The zero-order valence-electron chi connectivity index (χ0n) is 18.8. The van der Waals surface area contributed by atoms with E-state index in [-0.39, 0.29) is 17.6 Å². The molecule has 6 nitrogen and oxygen atoms in total. The number of hydrogen-bond donors (Lipinski definition) is 1. The zero-order chi connectivity index (χ0) is 23.4. The van der Waals surface area contributed by atoms with Gasteiger partial charge in [0.15, 0.2) is 0 Å². The summed E-state index contributed by atoms with van der Waals surface area (Å²) in [7, 11) is 0. The summed E-state index contributed by atoms with van der Waals surface area (Å²) in [6.45, 7) is 8.08. The van der Waals surface area contributed by atoms with Crippen LogP contribution in [0.3, 0.4) is 0 Å². The number of halogens is 1. The number of rotatable bonds is 6. The standard InChI is InChI=1S/C26H30ClN3O3/c1-2-25(32)30-11-10-21(18-30)28-12-14-29(15-13-28)26(33)9-8-20-16-22(23(27)17-24(20)31)19-6-4-3-5-7-19/h2-7,16-17,21,31H,1,8-15,18H2. The molecule has 2 aliphatic heterocycles. The zero-order valence-corrected chi connectivity index (χ0v) is 19.5. The van der Waals surface area contributed by atoms with Crippen LogP contribution in [0.15, 0.2) is 55.1 Å². The Hall–Kier alpha value is -2.83. The number of nitrogens with zero attached hydrogens (tertiary/aromatic N) is 3. The van der Waals surface area contributed by atoms with E-state index in [1.165, 1.54) is 6.08 Å². The first-order chi connectivity index (χ1) is 16.0. The summed E-state index contributed by atoms with van der Waals surface area (Å²) in [5.41, 5.74) is 2.56. The average molecular weight is 468 g/mol. The monoisotopic (exact) mass is 467 g/mol. The van der Waals surface area contributed by atoms with E-state index >= 15 is 0 Å². The fraction of sp³-hybridized carbons (Fsp3) is 0.385. The van der Waals surface area contributed by atoms with Crippen molar-refractivity contribution in [2.75, 3.05) is 39.3 Å². The van der Waals surface area contributed by atoms with Crippen molar-refractivity contribution in [2.24, 2.45) is 0 Å². The second kappa shape index (κ2) is 10.4. The number of piperazine rings is 1. The first-order valence-corrected chi connectivity index (χ1v) is 11.8. The van der Waals surface area contributed by atoms with Crippen LogP contribution < -0.4 is 0 Å². The minimum atomic E-state index is -0.00723. The number of aryl methyl sites for hydroxylation is 1. The molecule has 2 aliphatic rings. The van der Waals surface area contributed by atoms with E-state index in [1.807, 2.05) is 46.2 Å². The summed E-state index contributed by atoms with van der Waals surface area (Å²) >= 11 is 6.36. The Morgan fingerprint density at radius 1 is 1.06 bits per heavy atom. The van der Waals surface area contributed by atoms with E-state index in [0.29, 0.717) is 37.0 Å². The predicted molar refractivity (Wildman–Crippen MR) is 130 cm³/mol. The Morgan fingerprint density at radius 2 is 1.79 bits per heavy atom. The van der Waals surface area contributed by atoms with E-state index in [2.05, 4.69) is 11.5 Å². The third-order valence-corrected chi connectivity index (χ3v) is 7.01. The van der Waals surface area contributed by atoms with Gasteiger partial charge >= 0.3 is 0 Å². The Morgan fingerprint density at radius 3 is 2.48 bits per heavy atom. The van der Waals surface area contributed by atoms with Crippen LogP contribution in [-0.4, -0.2) is 76.9 Å². The Balaban J connectivity index is 1.31. The third-order valence-electron chi connectivity index (χ3n) is 6.69. The molecule has 2 amide bonds. The van der Waals surface area contributed by atoms with Crippen LogP contribution in [0.2, 0.25) is 5.02 Å². The Bertz CT molecular complexity index is 1020. The highest BCUT2D eigenvalue weighted by Crippen LogP contribution is 2.34. The molecule has 0 spiro atoms. The summed E-state index contributed by atoms with van der Waals surface area (Å²) in [4.78, 5) is 30.8. The number of likely N-dealkylation sites (tertiary alicyclic amines) is 1. The lowest BCUT2D eigenvalue weighted by atomic mass is 9.99. The van der Waals surface area contributed by atoms with Crippen LogP contribution in [0.5, 0.6) is 5.75 Å². The van der Waals surface area contributed by atoms with Gasteiger partial charge in [0, 0.05) is 57.3 Å². The number of carbonyl (C=O) groups is 2. The van der Waals surface area contributed by atoms with Gasteiger partial charge in [0.2, 0.25) is 11.8 Å². The molecule has 1 unspecified atom stereocenters. The van der Waals surface area contributed by atoms with Crippen molar-refractivity contribution in [3.05, 3.63) is 65.7 Å². The topological polar surface area (TPSA) is 64.1 Å². The van der Waals surface area contributed by atoms with Gasteiger partial charge in [-0.05, 0) is 42.2 Å². The number of phenols is 1. The van der Waals surface area contributed by atoms with Gasteiger partial charge in [0.1, 0.15) is 5.75 Å². The largest absolute Gasteiger partial charge is 0.508 e. The number of hydrogen-bond acceptors (Lipinski definition) is 4. The van der Waals surface area contributed by atoms with E-state index in [9.17, 15) is 14.7 Å². The van der Waals surface area contributed by atoms with E-state index in [4.69, 9.17) is 11.6 Å². The number of carbonyl (C=O) groups excluding carboxylic acids is 2. The summed E-state index contributed by atoms with van der Waals surface area (Å²) in [5.74, 6) is 0.212. The van der Waals surface area contributed by atoms with Gasteiger partial charge < -0.3 is 14.9 Å². The molecule has 2 fully saturated rings. The fourth-order valence-corrected chi connectivity index (χ4v) is 5.02. The molecule has 2 saturated heterocycles. The maximum Gasteiger partial charge on any atom is 0.246 e. The van der Waals surface area contributed by atoms with Crippen molar-refractivity contribution >= 4 is 23.4 Å². The first-order valence-electron chi connectivity index (χ1n) is 11.5. The molecule has 2 heterocycles. The highest BCUT2D eigenvalue weighted by molar-refractivity contribution is 6.33. The van der Waals surface area contributed by atoms with Gasteiger partial charge in [-0.3, -0.25) is 14.5 Å². The van der Waals surface area contributed by atoms with Crippen molar-refractivity contribution in [1.82, 2.24) is 14.7 Å². The van der Waals surface area contributed by atoms with Crippen molar-refractivity contribution in [1.29, 1.82) is 0 Å². The van der Waals surface area contributed by atoms with E-state index in [1.54, 1.807) is 6.07 Å². The van der Waals surface area contributed by atoms with Gasteiger partial charge in [-0.2, -0.15) is 0 Å². The predicted octanol–water partition coefficient (Wildman–Crippen LogP) is 3.58. The highest BCUT2D eigenvalue weighted by Gasteiger charge is 2.32. The number of benzene rings is 2. The van der Waals surface area contributed by atoms with Crippen LogP contribution >= 0.6 is 11.6 Å². The maximum atomic E-state index is 12.8. The molecule has 0 aliphatic carbocycles. The van der Waals surface area contributed by atoms with E-state index < -0.39 is 0 Å². The van der Waals surface area contributed by atoms with Gasteiger partial charge in [0.25, 0.3) is 0 Å². The van der Waals surface area contributed by atoms with Gasteiger partial charge in [-0.15, -0.1) is 0 Å².